The number of aromatic nitrogens is 2. The number of nitriles is 2. The molecule has 2 aliphatic carbocycles. The van der Waals surface area contributed by atoms with Crippen LogP contribution in [0.5, 0.6) is 0 Å². The highest BCUT2D eigenvalue weighted by Crippen LogP contribution is 2.33. The Morgan fingerprint density at radius 2 is 1.30 bits per heavy atom. The van der Waals surface area contributed by atoms with Crippen molar-refractivity contribution in [3.8, 4) is 12.1 Å². The van der Waals surface area contributed by atoms with Crippen molar-refractivity contribution in [2.75, 3.05) is 0 Å². The van der Waals surface area contributed by atoms with Gasteiger partial charge in [-0.15, -0.1) is 0 Å². The van der Waals surface area contributed by atoms with Crippen LogP contribution in [0.25, 0.3) is 10.8 Å². The second kappa shape index (κ2) is 8.64. The summed E-state index contributed by atoms with van der Waals surface area (Å²) in [6.45, 7) is 0. The number of Topliss-reactive ketones (excluding diaryl/α,β-unsaturated/α-hetero) is 2. The number of rotatable bonds is 0. The summed E-state index contributed by atoms with van der Waals surface area (Å²) in [5.41, 5.74) is 2.09. The molecule has 2 aliphatic rings. The summed E-state index contributed by atoms with van der Waals surface area (Å²) in [5.74, 6) is -0.987. The molecule has 30 heavy (non-hydrogen) atoms. The zero-order chi connectivity index (χ0) is 22.0. The molecule has 0 saturated heterocycles. The van der Waals surface area contributed by atoms with Crippen LogP contribution < -0.4 is 0 Å². The highest BCUT2D eigenvalue weighted by molar-refractivity contribution is 6.52. The van der Waals surface area contributed by atoms with Crippen molar-refractivity contribution in [1.82, 2.24) is 9.97 Å². The molecule has 0 fully saturated rings. The van der Waals surface area contributed by atoms with Gasteiger partial charge in [0.1, 0.15) is 39.4 Å². The lowest BCUT2D eigenvalue weighted by Gasteiger charge is -2.14. The number of hydrogen-bond acceptors (Lipinski definition) is 7. The first-order valence-corrected chi connectivity index (χ1v) is 9.39. The number of ketones is 2. The fourth-order valence-electron chi connectivity index (χ4n) is 2.90. The second-order valence-corrected chi connectivity index (χ2v) is 7.32. The van der Waals surface area contributed by atoms with Gasteiger partial charge in [-0.2, -0.15) is 10.5 Å². The average molecular weight is 460 g/mol. The van der Waals surface area contributed by atoms with Gasteiger partial charge in [-0.25, -0.2) is 9.97 Å². The van der Waals surface area contributed by atoms with Gasteiger partial charge in [-0.05, 0) is 23.3 Å². The van der Waals surface area contributed by atoms with Gasteiger partial charge in [0.05, 0.1) is 5.03 Å². The molecule has 10 heteroatoms. The molecule has 2 aromatic heterocycles. The van der Waals surface area contributed by atoms with E-state index < -0.39 is 5.78 Å². The van der Waals surface area contributed by atoms with Gasteiger partial charge < -0.3 is 5.11 Å². The minimum absolute atomic E-state index is 0.00793. The fraction of sp³-hybridized carbons (Fsp3) is 0.100. The molecule has 0 unspecified atom stereocenters. The summed E-state index contributed by atoms with van der Waals surface area (Å²) in [6, 6.07) is 6.48. The van der Waals surface area contributed by atoms with Gasteiger partial charge >= 0.3 is 0 Å². The van der Waals surface area contributed by atoms with Gasteiger partial charge in [-0.3, -0.25) is 9.59 Å². The van der Waals surface area contributed by atoms with Crippen LogP contribution in [-0.4, -0.2) is 26.6 Å². The summed E-state index contributed by atoms with van der Waals surface area (Å²) in [6.07, 6.45) is 3.16. The minimum atomic E-state index is -0.397. The van der Waals surface area contributed by atoms with Crippen molar-refractivity contribution in [3.63, 3.8) is 0 Å². The van der Waals surface area contributed by atoms with Crippen LogP contribution in [0.4, 0.5) is 0 Å². The van der Waals surface area contributed by atoms with Crippen LogP contribution in [0.1, 0.15) is 22.3 Å². The number of nitrogens with zero attached hydrogens (tertiary/aromatic N) is 4. The molecule has 4 rings (SSSR count). The number of carbonyl (C=O) groups is 2. The van der Waals surface area contributed by atoms with E-state index in [4.69, 9.17) is 45.3 Å². The third kappa shape index (κ3) is 4.05. The van der Waals surface area contributed by atoms with Crippen LogP contribution in [0.2, 0.25) is 10.3 Å². The van der Waals surface area contributed by atoms with Crippen molar-refractivity contribution in [1.29, 1.82) is 10.5 Å². The number of hydrogen-bond donors (Lipinski definition) is 1. The summed E-state index contributed by atoms with van der Waals surface area (Å²) < 4.78 is 0. The second-order valence-electron chi connectivity index (χ2n) is 6.16. The highest BCUT2D eigenvalue weighted by Gasteiger charge is 2.26. The summed E-state index contributed by atoms with van der Waals surface area (Å²) in [4.78, 5) is 30.5. The minimum Gasteiger partial charge on any atom is -0.506 e. The normalized spacial score (nSPS) is 14.8. The van der Waals surface area contributed by atoms with Crippen molar-refractivity contribution in [2.24, 2.45) is 0 Å². The molecule has 0 bridgehead atoms. The SMILES string of the molecule is N#CC1=C(Cl)c2cc(Cl)ncc2CC1=O.N#CC1=C(O)c2cc(Cl)ncc2CC1=O. The van der Waals surface area contributed by atoms with E-state index in [0.29, 0.717) is 27.4 Å². The summed E-state index contributed by atoms with van der Waals surface area (Å²) >= 11 is 17.3. The van der Waals surface area contributed by atoms with Crippen molar-refractivity contribution in [3.05, 3.63) is 68.2 Å². The molecule has 1 N–H and O–H groups in total. The van der Waals surface area contributed by atoms with Crippen LogP contribution in [0.15, 0.2) is 35.7 Å². The fourth-order valence-corrected chi connectivity index (χ4v) is 3.54. The van der Waals surface area contributed by atoms with E-state index in [9.17, 15) is 14.7 Å². The number of aliphatic hydroxyl groups excluding tert-OH is 1. The van der Waals surface area contributed by atoms with Gasteiger partial charge in [0, 0.05) is 36.4 Å². The topological polar surface area (TPSA) is 128 Å². The molecule has 0 atom stereocenters. The third-order valence-electron chi connectivity index (χ3n) is 4.34. The maximum absolute atomic E-state index is 11.5. The van der Waals surface area contributed by atoms with Gasteiger partial charge in [0.25, 0.3) is 0 Å². The predicted molar refractivity (Wildman–Crippen MR) is 109 cm³/mol. The Labute approximate surface area is 185 Å². The molecule has 0 spiro atoms. The molecule has 148 valence electrons. The summed E-state index contributed by atoms with van der Waals surface area (Å²) in [5, 5.41) is 27.8. The van der Waals surface area contributed by atoms with E-state index in [-0.39, 0.29) is 45.7 Å². The van der Waals surface area contributed by atoms with Crippen LogP contribution in [0.3, 0.4) is 0 Å². The smallest absolute Gasteiger partial charge is 0.181 e. The molecule has 0 aliphatic heterocycles. The molecule has 0 radical (unpaired) electrons. The molecular formula is C20H9Cl3N4O3. The van der Waals surface area contributed by atoms with E-state index in [0.717, 1.165) is 0 Å². The van der Waals surface area contributed by atoms with E-state index in [1.807, 2.05) is 0 Å². The van der Waals surface area contributed by atoms with E-state index in [1.54, 1.807) is 18.2 Å². The van der Waals surface area contributed by atoms with E-state index in [1.165, 1.54) is 18.5 Å². The van der Waals surface area contributed by atoms with Crippen molar-refractivity contribution in [2.45, 2.75) is 12.8 Å². The van der Waals surface area contributed by atoms with E-state index >= 15 is 0 Å². The number of halogens is 3. The third-order valence-corrected chi connectivity index (χ3v) is 5.14. The molecule has 0 saturated carbocycles. The molecule has 2 aromatic rings. The number of carbonyl (C=O) groups excluding carboxylic acids is 2. The number of allylic oxidation sites excluding steroid dienone is 2. The Kier molecular flexibility index (Phi) is 6.19. The Bertz CT molecular complexity index is 1160. The number of fused-ring (bicyclic) bond motifs is 2. The monoisotopic (exact) mass is 458 g/mol. The first-order valence-electron chi connectivity index (χ1n) is 8.26. The maximum atomic E-state index is 11.5. The molecular weight excluding hydrogens is 451 g/mol. The standard InChI is InChI=1S/C10H4Cl2N2O.C10H5ClN2O2/c11-9-2-6-5(4-14-9)1-8(15)7(3-13)10(6)12;11-9-2-6-5(4-13-9)1-8(14)7(3-12)10(6)15/h2,4H,1H2;2,4,15H,1H2. The lowest BCUT2D eigenvalue weighted by molar-refractivity contribution is -0.115. The molecule has 0 aromatic carbocycles. The van der Waals surface area contributed by atoms with Crippen LogP contribution in [0, 0.1) is 22.7 Å². The lowest BCUT2D eigenvalue weighted by Crippen LogP contribution is -2.15. The molecule has 7 nitrogen and oxygen atoms in total. The highest BCUT2D eigenvalue weighted by atomic mass is 35.5. The lowest BCUT2D eigenvalue weighted by atomic mass is 9.92. The first-order chi connectivity index (χ1) is 14.3. The van der Waals surface area contributed by atoms with Crippen molar-refractivity contribution >= 4 is 57.2 Å². The largest absolute Gasteiger partial charge is 0.506 e. The van der Waals surface area contributed by atoms with Gasteiger partial charge in [0.15, 0.2) is 11.6 Å². The Morgan fingerprint density at radius 3 is 1.83 bits per heavy atom. The van der Waals surface area contributed by atoms with E-state index in [2.05, 4.69) is 9.97 Å². The Morgan fingerprint density at radius 1 is 0.833 bits per heavy atom. The number of aliphatic hydroxyl groups is 1. The van der Waals surface area contributed by atoms with Gasteiger partial charge in [-0.1, -0.05) is 34.8 Å². The molecule has 2 heterocycles. The zero-order valence-electron chi connectivity index (χ0n) is 14.9. The maximum Gasteiger partial charge on any atom is 0.181 e. The van der Waals surface area contributed by atoms with Crippen LogP contribution >= 0.6 is 34.8 Å². The number of pyridine rings is 2. The molecule has 0 amide bonds. The van der Waals surface area contributed by atoms with Crippen LogP contribution in [-0.2, 0) is 22.4 Å². The predicted octanol–water partition coefficient (Wildman–Crippen LogP) is 3.99. The quantitative estimate of drug-likeness (QED) is 0.590. The average Bonchev–Trinajstić information content (AvgIpc) is 2.70. The van der Waals surface area contributed by atoms with Crippen molar-refractivity contribution < 1.29 is 14.7 Å². The summed E-state index contributed by atoms with van der Waals surface area (Å²) in [7, 11) is 0. The Hall–Kier alpha value is -3.23. The first kappa shape index (κ1) is 21.5. The zero-order valence-corrected chi connectivity index (χ0v) is 17.2. The Balaban J connectivity index is 0.000000171. The van der Waals surface area contributed by atoms with Gasteiger partial charge in [0.2, 0.25) is 0 Å².